The lowest BCUT2D eigenvalue weighted by Crippen LogP contribution is -2.23. The molecule has 1 unspecified atom stereocenters. The molecular weight excluding hydrogens is 202 g/mol. The number of hydrogen-bond acceptors (Lipinski definition) is 3. The lowest BCUT2D eigenvalue weighted by Gasteiger charge is -2.18. The Kier molecular flexibility index (Phi) is 5.32. The number of ether oxygens (including phenoxy) is 1. The van der Waals surface area contributed by atoms with Gasteiger partial charge in [-0.05, 0) is 19.4 Å². The van der Waals surface area contributed by atoms with Crippen LogP contribution in [0.2, 0.25) is 0 Å². The average molecular weight is 225 g/mol. The maximum absolute atomic E-state index is 5.38. The third-order valence-electron chi connectivity index (χ3n) is 2.69. The van der Waals surface area contributed by atoms with Crippen molar-refractivity contribution in [3.63, 3.8) is 0 Å². The molecule has 16 heavy (non-hydrogen) atoms. The van der Waals surface area contributed by atoms with Gasteiger partial charge >= 0.3 is 0 Å². The smallest absolute Gasteiger partial charge is 0.161 e. The molecular formula is C12H23N3O. The monoisotopic (exact) mass is 225 g/mol. The van der Waals surface area contributed by atoms with E-state index in [-0.39, 0.29) is 0 Å². The Hall–Kier alpha value is -1.03. The van der Waals surface area contributed by atoms with E-state index in [0.29, 0.717) is 6.04 Å². The van der Waals surface area contributed by atoms with Crippen LogP contribution >= 0.6 is 0 Å². The van der Waals surface area contributed by atoms with Crippen LogP contribution in [-0.4, -0.2) is 23.4 Å². The second-order valence-electron chi connectivity index (χ2n) is 3.84. The largest absolute Gasteiger partial charge is 0.493 e. The van der Waals surface area contributed by atoms with Crippen LogP contribution in [0.4, 0.5) is 0 Å². The third-order valence-corrected chi connectivity index (χ3v) is 2.69. The van der Waals surface area contributed by atoms with Gasteiger partial charge < -0.3 is 10.1 Å². The number of aromatic nitrogens is 2. The first kappa shape index (κ1) is 13.0. The third kappa shape index (κ3) is 2.76. The lowest BCUT2D eigenvalue weighted by atomic mass is 10.1. The maximum atomic E-state index is 5.38. The maximum Gasteiger partial charge on any atom is 0.161 e. The predicted molar refractivity (Wildman–Crippen MR) is 65.8 cm³/mol. The zero-order valence-corrected chi connectivity index (χ0v) is 10.8. The summed E-state index contributed by atoms with van der Waals surface area (Å²) in [6, 6.07) is 0.328. The summed E-state index contributed by atoms with van der Waals surface area (Å²) >= 11 is 0. The molecule has 0 bridgehead atoms. The van der Waals surface area contributed by atoms with Crippen LogP contribution < -0.4 is 10.1 Å². The number of nitrogens with zero attached hydrogens (tertiary/aromatic N) is 2. The summed E-state index contributed by atoms with van der Waals surface area (Å²) in [6.07, 6.45) is 3.94. The zero-order chi connectivity index (χ0) is 12.0. The van der Waals surface area contributed by atoms with Crippen LogP contribution in [0, 0.1) is 0 Å². The standard InChI is InChI=1S/C12H23N3O/c1-5-8-15-12(10(6-2)13-7-3)11(16-4)9-14-15/h9-10,13H,5-8H2,1-4H3. The van der Waals surface area contributed by atoms with Crippen molar-refractivity contribution in [2.45, 2.75) is 46.2 Å². The van der Waals surface area contributed by atoms with Gasteiger partial charge in [0.2, 0.25) is 0 Å². The van der Waals surface area contributed by atoms with Gasteiger partial charge in [-0.15, -0.1) is 0 Å². The van der Waals surface area contributed by atoms with Gasteiger partial charge in [-0.1, -0.05) is 20.8 Å². The van der Waals surface area contributed by atoms with E-state index in [9.17, 15) is 0 Å². The van der Waals surface area contributed by atoms with E-state index in [1.807, 2.05) is 6.20 Å². The van der Waals surface area contributed by atoms with Crippen molar-refractivity contribution < 1.29 is 4.74 Å². The molecule has 0 aliphatic rings. The second kappa shape index (κ2) is 6.53. The van der Waals surface area contributed by atoms with E-state index in [4.69, 9.17) is 4.74 Å². The number of hydrogen-bond donors (Lipinski definition) is 1. The molecule has 1 rings (SSSR count). The summed E-state index contributed by atoms with van der Waals surface area (Å²) in [5.41, 5.74) is 1.17. The Morgan fingerprint density at radius 3 is 2.69 bits per heavy atom. The number of rotatable bonds is 7. The molecule has 0 spiro atoms. The van der Waals surface area contributed by atoms with Gasteiger partial charge in [0.05, 0.1) is 25.0 Å². The summed E-state index contributed by atoms with van der Waals surface area (Å²) < 4.78 is 7.43. The Morgan fingerprint density at radius 2 is 2.19 bits per heavy atom. The van der Waals surface area contributed by atoms with Gasteiger partial charge in [0.1, 0.15) is 0 Å². The van der Waals surface area contributed by atoms with E-state index in [2.05, 4.69) is 35.9 Å². The summed E-state index contributed by atoms with van der Waals surface area (Å²) in [7, 11) is 1.70. The quantitative estimate of drug-likeness (QED) is 0.774. The van der Waals surface area contributed by atoms with E-state index < -0.39 is 0 Å². The fraction of sp³-hybridized carbons (Fsp3) is 0.750. The molecule has 1 N–H and O–H groups in total. The van der Waals surface area contributed by atoms with Crippen molar-refractivity contribution in [2.24, 2.45) is 0 Å². The first-order chi connectivity index (χ1) is 7.78. The molecule has 92 valence electrons. The lowest BCUT2D eigenvalue weighted by molar-refractivity contribution is 0.388. The number of aryl methyl sites for hydroxylation is 1. The molecule has 0 aromatic carbocycles. The first-order valence-electron chi connectivity index (χ1n) is 6.11. The van der Waals surface area contributed by atoms with Crippen LogP contribution in [0.5, 0.6) is 5.75 Å². The van der Waals surface area contributed by atoms with Gasteiger partial charge in [-0.2, -0.15) is 5.10 Å². The van der Waals surface area contributed by atoms with Gasteiger partial charge in [0, 0.05) is 6.54 Å². The Morgan fingerprint density at radius 1 is 1.44 bits per heavy atom. The summed E-state index contributed by atoms with van der Waals surface area (Å²) in [4.78, 5) is 0. The van der Waals surface area contributed by atoms with Crippen LogP contribution in [0.1, 0.15) is 45.3 Å². The molecule has 0 aliphatic heterocycles. The normalized spacial score (nSPS) is 12.8. The molecule has 0 aliphatic carbocycles. The predicted octanol–water partition coefficient (Wildman–Crippen LogP) is 2.36. The molecule has 0 radical (unpaired) electrons. The van der Waals surface area contributed by atoms with Crippen LogP contribution in [0.15, 0.2) is 6.20 Å². The molecule has 0 saturated heterocycles. The van der Waals surface area contributed by atoms with E-state index >= 15 is 0 Å². The molecule has 0 amide bonds. The fourth-order valence-corrected chi connectivity index (χ4v) is 1.96. The zero-order valence-electron chi connectivity index (χ0n) is 10.8. The van der Waals surface area contributed by atoms with E-state index in [1.165, 1.54) is 5.69 Å². The van der Waals surface area contributed by atoms with E-state index in [0.717, 1.165) is 31.7 Å². The Bertz CT molecular complexity index is 309. The molecule has 0 saturated carbocycles. The molecule has 4 nitrogen and oxygen atoms in total. The van der Waals surface area contributed by atoms with Crippen molar-refractivity contribution in [3.8, 4) is 5.75 Å². The minimum atomic E-state index is 0.328. The topological polar surface area (TPSA) is 39.1 Å². The van der Waals surface area contributed by atoms with Crippen LogP contribution in [-0.2, 0) is 6.54 Å². The molecule has 1 heterocycles. The SMILES string of the molecule is CCCn1ncc(OC)c1C(CC)NCC. The Balaban J connectivity index is 2.99. The molecule has 4 heteroatoms. The molecule has 1 aromatic heterocycles. The summed E-state index contributed by atoms with van der Waals surface area (Å²) in [5, 5.41) is 7.85. The highest BCUT2D eigenvalue weighted by Gasteiger charge is 2.19. The van der Waals surface area contributed by atoms with Crippen molar-refractivity contribution in [1.82, 2.24) is 15.1 Å². The number of nitrogens with one attached hydrogen (secondary N) is 1. The average Bonchev–Trinajstić information content (AvgIpc) is 2.69. The summed E-state index contributed by atoms with van der Waals surface area (Å²) in [6.45, 7) is 8.36. The van der Waals surface area contributed by atoms with Gasteiger partial charge in [-0.3, -0.25) is 4.68 Å². The van der Waals surface area contributed by atoms with Crippen LogP contribution in [0.25, 0.3) is 0 Å². The number of methoxy groups -OCH3 is 1. The van der Waals surface area contributed by atoms with E-state index in [1.54, 1.807) is 7.11 Å². The highest BCUT2D eigenvalue weighted by molar-refractivity contribution is 5.28. The van der Waals surface area contributed by atoms with Gasteiger partial charge in [-0.25, -0.2) is 0 Å². The van der Waals surface area contributed by atoms with Crippen molar-refractivity contribution in [3.05, 3.63) is 11.9 Å². The van der Waals surface area contributed by atoms with Crippen molar-refractivity contribution >= 4 is 0 Å². The molecule has 1 aromatic rings. The highest BCUT2D eigenvalue weighted by Crippen LogP contribution is 2.27. The molecule has 1 atom stereocenters. The van der Waals surface area contributed by atoms with Crippen molar-refractivity contribution in [1.29, 1.82) is 0 Å². The minimum Gasteiger partial charge on any atom is -0.493 e. The second-order valence-corrected chi connectivity index (χ2v) is 3.84. The summed E-state index contributed by atoms with van der Waals surface area (Å²) in [5.74, 6) is 0.890. The van der Waals surface area contributed by atoms with Gasteiger partial charge in [0.25, 0.3) is 0 Å². The minimum absolute atomic E-state index is 0.328. The Labute approximate surface area is 98.0 Å². The molecule has 0 fully saturated rings. The van der Waals surface area contributed by atoms with Crippen molar-refractivity contribution in [2.75, 3.05) is 13.7 Å². The first-order valence-corrected chi connectivity index (χ1v) is 6.11. The van der Waals surface area contributed by atoms with Gasteiger partial charge in [0.15, 0.2) is 5.75 Å². The fourth-order valence-electron chi connectivity index (χ4n) is 1.96. The van der Waals surface area contributed by atoms with Crippen LogP contribution in [0.3, 0.4) is 0 Å². The highest BCUT2D eigenvalue weighted by atomic mass is 16.5.